The molecule has 10 heteroatoms. The molecule has 0 unspecified atom stereocenters. The Morgan fingerprint density at radius 3 is 2.54 bits per heavy atom. The smallest absolute Gasteiger partial charge is 0.338 e. The van der Waals surface area contributed by atoms with Gasteiger partial charge in [-0.25, -0.2) is 9.78 Å². The first-order chi connectivity index (χ1) is 16.9. The Balaban J connectivity index is 1.59. The van der Waals surface area contributed by atoms with E-state index in [0.29, 0.717) is 46.2 Å². The summed E-state index contributed by atoms with van der Waals surface area (Å²) in [5.41, 5.74) is 5.02. The highest BCUT2D eigenvalue weighted by Crippen LogP contribution is 2.36. The molecule has 0 amide bonds. The van der Waals surface area contributed by atoms with Crippen molar-refractivity contribution in [2.45, 2.75) is 20.8 Å². The van der Waals surface area contributed by atoms with Crippen LogP contribution in [0.3, 0.4) is 0 Å². The van der Waals surface area contributed by atoms with E-state index >= 15 is 0 Å². The fraction of sp³-hybridized carbons (Fsp3) is 0.200. The standard InChI is InChI=1S/C25H25ClN6O3/c1-5-35-24(33)17-8-6-16(7-9-17)18-12-21(34-4)20(10-14(18)2)28-25-27-13-19(26)23(30-25)29-22-11-15(3)31-32-22/h6-13H,5H2,1-4H3,(H3,27,28,29,30,31,32). The molecule has 180 valence electrons. The van der Waals surface area contributed by atoms with Gasteiger partial charge in [-0.05, 0) is 61.7 Å². The van der Waals surface area contributed by atoms with Crippen molar-refractivity contribution in [3.05, 3.63) is 70.5 Å². The molecule has 35 heavy (non-hydrogen) atoms. The van der Waals surface area contributed by atoms with Gasteiger partial charge in [0.2, 0.25) is 5.95 Å². The lowest BCUT2D eigenvalue weighted by Crippen LogP contribution is -2.04. The molecule has 4 aromatic rings. The van der Waals surface area contributed by atoms with Gasteiger partial charge in [0.25, 0.3) is 0 Å². The largest absolute Gasteiger partial charge is 0.495 e. The van der Waals surface area contributed by atoms with Crippen molar-refractivity contribution in [3.8, 4) is 16.9 Å². The number of methoxy groups -OCH3 is 1. The summed E-state index contributed by atoms with van der Waals surface area (Å²) in [7, 11) is 1.60. The van der Waals surface area contributed by atoms with Crippen LogP contribution >= 0.6 is 11.6 Å². The SMILES string of the molecule is CCOC(=O)c1ccc(-c2cc(OC)c(Nc3ncc(Cl)c(Nc4cc(C)[nH]n4)n3)cc2C)cc1. The van der Waals surface area contributed by atoms with Gasteiger partial charge in [0.05, 0.1) is 31.2 Å². The van der Waals surface area contributed by atoms with Crippen molar-refractivity contribution in [2.24, 2.45) is 0 Å². The third-order valence-electron chi connectivity index (χ3n) is 5.20. The number of aromatic amines is 1. The van der Waals surface area contributed by atoms with E-state index in [0.717, 1.165) is 22.4 Å². The zero-order valence-electron chi connectivity index (χ0n) is 19.8. The molecule has 4 rings (SSSR count). The first-order valence-electron chi connectivity index (χ1n) is 10.9. The number of rotatable bonds is 8. The first kappa shape index (κ1) is 24.0. The van der Waals surface area contributed by atoms with Crippen molar-refractivity contribution in [1.82, 2.24) is 20.2 Å². The molecular formula is C25H25ClN6O3. The fourth-order valence-electron chi connectivity index (χ4n) is 3.50. The van der Waals surface area contributed by atoms with Gasteiger partial charge in [-0.1, -0.05) is 23.7 Å². The Kier molecular flexibility index (Phi) is 7.17. The zero-order valence-corrected chi connectivity index (χ0v) is 20.5. The van der Waals surface area contributed by atoms with Gasteiger partial charge < -0.3 is 20.1 Å². The molecule has 0 radical (unpaired) electrons. The molecule has 3 N–H and O–H groups in total. The number of aryl methyl sites for hydroxylation is 2. The third kappa shape index (κ3) is 5.52. The highest BCUT2D eigenvalue weighted by molar-refractivity contribution is 6.32. The maximum Gasteiger partial charge on any atom is 0.338 e. The number of esters is 1. The topological polar surface area (TPSA) is 114 Å². The van der Waals surface area contributed by atoms with Crippen molar-refractivity contribution in [3.63, 3.8) is 0 Å². The molecule has 0 atom stereocenters. The second kappa shape index (κ2) is 10.4. The minimum absolute atomic E-state index is 0.336. The van der Waals surface area contributed by atoms with E-state index < -0.39 is 0 Å². The van der Waals surface area contributed by atoms with Crippen LogP contribution in [0.15, 0.2) is 48.7 Å². The number of hydrogen-bond donors (Lipinski definition) is 3. The van der Waals surface area contributed by atoms with Crippen LogP contribution < -0.4 is 15.4 Å². The van der Waals surface area contributed by atoms with E-state index in [4.69, 9.17) is 21.1 Å². The summed E-state index contributed by atoms with van der Waals surface area (Å²) in [6.07, 6.45) is 1.51. The molecule has 0 fully saturated rings. The lowest BCUT2D eigenvalue weighted by Gasteiger charge is -2.15. The lowest BCUT2D eigenvalue weighted by molar-refractivity contribution is 0.0526. The van der Waals surface area contributed by atoms with E-state index in [2.05, 4.69) is 30.8 Å². The monoisotopic (exact) mass is 492 g/mol. The van der Waals surface area contributed by atoms with E-state index in [1.54, 1.807) is 26.2 Å². The summed E-state index contributed by atoms with van der Waals surface area (Å²) in [4.78, 5) is 20.7. The molecule has 0 saturated carbocycles. The maximum atomic E-state index is 11.9. The normalized spacial score (nSPS) is 10.7. The molecule has 0 bridgehead atoms. The van der Waals surface area contributed by atoms with Gasteiger partial charge >= 0.3 is 5.97 Å². The van der Waals surface area contributed by atoms with E-state index in [1.165, 1.54) is 6.20 Å². The number of anilines is 4. The number of ether oxygens (including phenoxy) is 2. The zero-order chi connectivity index (χ0) is 24.9. The van der Waals surface area contributed by atoms with Crippen LogP contribution in [0.1, 0.15) is 28.5 Å². The van der Waals surface area contributed by atoms with E-state index in [1.807, 2.05) is 44.2 Å². The minimum atomic E-state index is -0.341. The minimum Gasteiger partial charge on any atom is -0.495 e. The van der Waals surface area contributed by atoms with Crippen LogP contribution in [0.2, 0.25) is 5.02 Å². The summed E-state index contributed by atoms with van der Waals surface area (Å²) in [6, 6.07) is 13.0. The first-order valence-corrected chi connectivity index (χ1v) is 11.3. The summed E-state index contributed by atoms with van der Waals surface area (Å²) < 4.78 is 10.7. The van der Waals surface area contributed by atoms with E-state index in [9.17, 15) is 4.79 Å². The fourth-order valence-corrected chi connectivity index (χ4v) is 3.64. The predicted molar refractivity (Wildman–Crippen MR) is 136 cm³/mol. The number of hydrogen-bond acceptors (Lipinski definition) is 8. The number of halogens is 1. The molecule has 9 nitrogen and oxygen atoms in total. The number of carbonyl (C=O) groups is 1. The molecule has 2 aromatic heterocycles. The Morgan fingerprint density at radius 2 is 1.89 bits per heavy atom. The van der Waals surface area contributed by atoms with Crippen molar-refractivity contribution in [2.75, 3.05) is 24.4 Å². The van der Waals surface area contributed by atoms with Crippen LogP contribution in [0.25, 0.3) is 11.1 Å². The molecule has 0 aliphatic heterocycles. The van der Waals surface area contributed by atoms with Crippen molar-refractivity contribution >= 4 is 40.8 Å². The van der Waals surface area contributed by atoms with Gasteiger partial charge in [0, 0.05) is 11.8 Å². The number of H-pyrrole nitrogens is 1. The van der Waals surface area contributed by atoms with Gasteiger partial charge in [0.1, 0.15) is 10.8 Å². The van der Waals surface area contributed by atoms with Gasteiger partial charge in [-0.3, -0.25) is 5.10 Å². The summed E-state index contributed by atoms with van der Waals surface area (Å²) in [5.74, 6) is 1.63. The van der Waals surface area contributed by atoms with Crippen LogP contribution in [0, 0.1) is 13.8 Å². The molecule has 2 heterocycles. The molecule has 0 saturated heterocycles. The Labute approximate surface area is 207 Å². The van der Waals surface area contributed by atoms with Gasteiger partial charge in [0.15, 0.2) is 11.6 Å². The van der Waals surface area contributed by atoms with E-state index in [-0.39, 0.29) is 5.97 Å². The van der Waals surface area contributed by atoms with Crippen LogP contribution in [0.4, 0.5) is 23.3 Å². The summed E-state index contributed by atoms with van der Waals surface area (Å²) >= 11 is 6.27. The van der Waals surface area contributed by atoms with Crippen molar-refractivity contribution < 1.29 is 14.3 Å². The number of carbonyl (C=O) groups excluding carboxylic acids is 1. The van der Waals surface area contributed by atoms with Crippen LogP contribution in [-0.4, -0.2) is 39.9 Å². The van der Waals surface area contributed by atoms with Crippen LogP contribution in [-0.2, 0) is 4.74 Å². The average Bonchev–Trinajstić information content (AvgIpc) is 3.26. The molecular weight excluding hydrogens is 468 g/mol. The summed E-state index contributed by atoms with van der Waals surface area (Å²) in [6.45, 7) is 6.02. The Bertz CT molecular complexity index is 1350. The van der Waals surface area contributed by atoms with Crippen LogP contribution in [0.5, 0.6) is 5.75 Å². The molecule has 0 spiro atoms. The maximum absolute atomic E-state index is 11.9. The second-order valence-corrected chi connectivity index (χ2v) is 8.15. The lowest BCUT2D eigenvalue weighted by atomic mass is 9.98. The Hall–Kier alpha value is -4.11. The van der Waals surface area contributed by atoms with Gasteiger partial charge in [-0.15, -0.1) is 0 Å². The molecule has 2 aromatic carbocycles. The number of nitrogens with zero attached hydrogens (tertiary/aromatic N) is 3. The summed E-state index contributed by atoms with van der Waals surface area (Å²) in [5, 5.41) is 13.7. The number of aromatic nitrogens is 4. The predicted octanol–water partition coefficient (Wildman–Crippen LogP) is 5.81. The second-order valence-electron chi connectivity index (χ2n) is 7.74. The highest BCUT2D eigenvalue weighted by Gasteiger charge is 2.14. The van der Waals surface area contributed by atoms with Crippen molar-refractivity contribution in [1.29, 1.82) is 0 Å². The molecule has 0 aliphatic rings. The number of nitrogens with one attached hydrogen (secondary N) is 3. The van der Waals surface area contributed by atoms with Gasteiger partial charge in [-0.2, -0.15) is 10.1 Å². The quantitative estimate of drug-likeness (QED) is 0.264. The number of benzene rings is 2. The average molecular weight is 493 g/mol. The highest BCUT2D eigenvalue weighted by atomic mass is 35.5. The Morgan fingerprint density at radius 1 is 1.11 bits per heavy atom. The third-order valence-corrected chi connectivity index (χ3v) is 5.47. The molecule has 0 aliphatic carbocycles.